The van der Waals surface area contributed by atoms with Gasteiger partial charge in [0.05, 0.1) is 33.8 Å². The van der Waals surface area contributed by atoms with Gasteiger partial charge in [-0.1, -0.05) is 133 Å². The van der Waals surface area contributed by atoms with Gasteiger partial charge in [-0.15, -0.1) is 0 Å². The van der Waals surface area contributed by atoms with E-state index in [1.807, 2.05) is 30.3 Å². The quantitative estimate of drug-likeness (QED) is 0.195. The number of benzene rings is 8. The molecule has 10 rings (SSSR count). The fraction of sp³-hybridized carbons (Fsp3) is 0. The number of anilines is 3. The Balaban J connectivity index is 1.12. The molecular weight excluding hydrogens is 595 g/mol. The highest BCUT2D eigenvalue weighted by Crippen LogP contribution is 2.52. The van der Waals surface area contributed by atoms with E-state index < -0.39 is 0 Å². The molecule has 0 saturated heterocycles. The number of aromatic nitrogens is 2. The van der Waals surface area contributed by atoms with E-state index in [2.05, 4.69) is 150 Å². The van der Waals surface area contributed by atoms with Crippen LogP contribution >= 0.6 is 0 Å². The van der Waals surface area contributed by atoms with Crippen LogP contribution in [0.4, 0.5) is 17.1 Å². The van der Waals surface area contributed by atoms with E-state index >= 15 is 0 Å². The van der Waals surface area contributed by atoms with Gasteiger partial charge >= 0.3 is 0 Å². The van der Waals surface area contributed by atoms with Gasteiger partial charge in [0.2, 0.25) is 0 Å². The van der Waals surface area contributed by atoms with Crippen molar-refractivity contribution in [3.63, 3.8) is 0 Å². The van der Waals surface area contributed by atoms with E-state index in [1.165, 1.54) is 55.2 Å². The molecule has 3 heteroatoms. The molecule has 1 aromatic heterocycles. The summed E-state index contributed by atoms with van der Waals surface area (Å²) in [5.41, 5.74) is 13.9. The molecule has 3 nitrogen and oxygen atoms in total. The van der Waals surface area contributed by atoms with Gasteiger partial charge in [0.1, 0.15) is 0 Å². The third-order valence-electron chi connectivity index (χ3n) is 9.75. The van der Waals surface area contributed by atoms with E-state index in [0.29, 0.717) is 0 Å². The second-order valence-electron chi connectivity index (χ2n) is 12.6. The summed E-state index contributed by atoms with van der Waals surface area (Å²) in [5.74, 6) is 0. The fourth-order valence-electron chi connectivity index (χ4n) is 7.39. The van der Waals surface area contributed by atoms with E-state index in [4.69, 9.17) is 9.97 Å². The first-order valence-corrected chi connectivity index (χ1v) is 16.7. The molecule has 1 aliphatic heterocycles. The highest BCUT2D eigenvalue weighted by atomic mass is 15.2. The van der Waals surface area contributed by atoms with E-state index in [0.717, 1.165) is 39.2 Å². The van der Waals surface area contributed by atoms with Crippen molar-refractivity contribution < 1.29 is 0 Å². The summed E-state index contributed by atoms with van der Waals surface area (Å²) in [7, 11) is 0. The molecule has 0 unspecified atom stereocenters. The summed E-state index contributed by atoms with van der Waals surface area (Å²) in [6, 6.07) is 62.6. The molecule has 0 fully saturated rings. The third kappa shape index (κ3) is 4.51. The molecule has 0 saturated carbocycles. The highest BCUT2D eigenvalue weighted by Gasteiger charge is 2.26. The summed E-state index contributed by atoms with van der Waals surface area (Å²) in [6.45, 7) is 0. The molecule has 49 heavy (non-hydrogen) atoms. The Hall–Kier alpha value is -6.58. The predicted octanol–water partition coefficient (Wildman–Crippen LogP) is 12.4. The molecule has 0 atom stereocenters. The number of rotatable bonds is 4. The van der Waals surface area contributed by atoms with Crippen LogP contribution in [-0.2, 0) is 0 Å². The summed E-state index contributed by atoms with van der Waals surface area (Å²) in [6.07, 6.45) is 0. The van der Waals surface area contributed by atoms with Crippen LogP contribution in [0.3, 0.4) is 0 Å². The average molecular weight is 624 g/mol. The van der Waals surface area contributed by atoms with Crippen molar-refractivity contribution in [2.24, 2.45) is 0 Å². The van der Waals surface area contributed by atoms with Crippen LogP contribution in [0.5, 0.6) is 0 Å². The molecule has 0 aliphatic carbocycles. The second kappa shape index (κ2) is 11.0. The Bertz CT molecular complexity index is 2690. The Morgan fingerprint density at radius 1 is 0.347 bits per heavy atom. The van der Waals surface area contributed by atoms with Gasteiger partial charge in [-0.25, -0.2) is 9.97 Å². The number of nitrogens with zero attached hydrogens (tertiary/aromatic N) is 3. The fourth-order valence-corrected chi connectivity index (χ4v) is 7.39. The largest absolute Gasteiger partial charge is 0.309 e. The molecule has 1 aliphatic rings. The zero-order valence-electron chi connectivity index (χ0n) is 26.6. The lowest BCUT2D eigenvalue weighted by molar-refractivity contribution is 1.27. The monoisotopic (exact) mass is 623 g/mol. The molecule has 0 spiro atoms. The standard InChI is InChI=1S/C46H29N3/c1-2-10-30(11-3-1)31-20-22-33(23-21-31)45-46(48-41-18-7-6-17-40(41)47-45)34-24-26-37(27-25-34)49-42-19-9-15-32-14-8-16-38(44(32)42)39-28-35-12-4-5-13-36(35)29-43(39)49/h1-29H. The van der Waals surface area contributed by atoms with Crippen LogP contribution in [-0.4, -0.2) is 9.97 Å². The van der Waals surface area contributed by atoms with Crippen molar-refractivity contribution in [3.05, 3.63) is 176 Å². The van der Waals surface area contributed by atoms with Crippen molar-refractivity contribution in [2.45, 2.75) is 0 Å². The van der Waals surface area contributed by atoms with Crippen molar-refractivity contribution in [3.8, 4) is 44.8 Å². The maximum Gasteiger partial charge on any atom is 0.0973 e. The molecule has 228 valence electrons. The Morgan fingerprint density at radius 3 is 1.57 bits per heavy atom. The summed E-state index contributed by atoms with van der Waals surface area (Å²) < 4.78 is 0. The zero-order chi connectivity index (χ0) is 32.3. The molecule has 0 radical (unpaired) electrons. The smallest absolute Gasteiger partial charge is 0.0973 e. The molecular formula is C46H29N3. The van der Waals surface area contributed by atoms with Gasteiger partial charge < -0.3 is 4.90 Å². The van der Waals surface area contributed by atoms with Gasteiger partial charge in [0, 0.05) is 27.8 Å². The summed E-state index contributed by atoms with van der Waals surface area (Å²) in [4.78, 5) is 12.8. The van der Waals surface area contributed by atoms with Crippen molar-refractivity contribution in [1.82, 2.24) is 9.97 Å². The molecule has 0 N–H and O–H groups in total. The summed E-state index contributed by atoms with van der Waals surface area (Å²) in [5, 5.41) is 4.99. The van der Waals surface area contributed by atoms with Crippen LogP contribution in [0.15, 0.2) is 176 Å². The highest BCUT2D eigenvalue weighted by molar-refractivity contribution is 6.15. The van der Waals surface area contributed by atoms with E-state index in [9.17, 15) is 0 Å². The number of hydrogen-bond acceptors (Lipinski definition) is 3. The van der Waals surface area contributed by atoms with Gasteiger partial charge in [0.25, 0.3) is 0 Å². The molecule has 0 amide bonds. The molecule has 0 bridgehead atoms. The number of para-hydroxylation sites is 2. The normalized spacial score (nSPS) is 12.0. The minimum Gasteiger partial charge on any atom is -0.309 e. The Labute approximate surface area is 284 Å². The lowest BCUT2D eigenvalue weighted by atomic mass is 9.89. The minimum absolute atomic E-state index is 0.871. The van der Waals surface area contributed by atoms with Gasteiger partial charge in [0.15, 0.2) is 0 Å². The topological polar surface area (TPSA) is 29.0 Å². The van der Waals surface area contributed by atoms with Crippen LogP contribution in [0.25, 0.3) is 77.3 Å². The third-order valence-corrected chi connectivity index (χ3v) is 9.75. The SMILES string of the molecule is c1ccc(-c2ccc(-c3nc4ccccc4nc3-c3ccc(N4c5cc6ccccc6cc5-c5cccc6cccc4c56)cc3)cc2)cc1. The lowest BCUT2D eigenvalue weighted by Crippen LogP contribution is -2.15. The Kier molecular flexibility index (Phi) is 6.18. The van der Waals surface area contributed by atoms with E-state index in [1.54, 1.807) is 0 Å². The van der Waals surface area contributed by atoms with Gasteiger partial charge in [-0.05, 0) is 75.3 Å². The molecule has 8 aromatic carbocycles. The average Bonchev–Trinajstić information content (AvgIpc) is 3.17. The van der Waals surface area contributed by atoms with E-state index in [-0.39, 0.29) is 0 Å². The van der Waals surface area contributed by atoms with Crippen LogP contribution in [0.1, 0.15) is 0 Å². The maximum absolute atomic E-state index is 5.20. The minimum atomic E-state index is 0.871. The number of hydrogen-bond donors (Lipinski definition) is 0. The van der Waals surface area contributed by atoms with Crippen LogP contribution in [0.2, 0.25) is 0 Å². The van der Waals surface area contributed by atoms with Gasteiger partial charge in [-0.3, -0.25) is 0 Å². The maximum atomic E-state index is 5.20. The molecule has 2 heterocycles. The Morgan fingerprint density at radius 2 is 0.878 bits per heavy atom. The number of fused-ring (bicyclic) bond motifs is 4. The first kappa shape index (κ1) is 27.5. The first-order valence-electron chi connectivity index (χ1n) is 16.7. The van der Waals surface area contributed by atoms with Crippen LogP contribution in [0, 0.1) is 0 Å². The van der Waals surface area contributed by atoms with Crippen molar-refractivity contribution in [1.29, 1.82) is 0 Å². The predicted molar refractivity (Wildman–Crippen MR) is 205 cm³/mol. The second-order valence-corrected chi connectivity index (χ2v) is 12.6. The van der Waals surface area contributed by atoms with Crippen LogP contribution < -0.4 is 4.90 Å². The van der Waals surface area contributed by atoms with Crippen molar-refractivity contribution >= 4 is 49.6 Å². The lowest BCUT2D eigenvalue weighted by Gasteiger charge is -2.34. The van der Waals surface area contributed by atoms with Crippen molar-refractivity contribution in [2.75, 3.05) is 4.90 Å². The zero-order valence-corrected chi connectivity index (χ0v) is 26.6. The summed E-state index contributed by atoms with van der Waals surface area (Å²) >= 11 is 0. The molecule has 9 aromatic rings. The van der Waals surface area contributed by atoms with Gasteiger partial charge in [-0.2, -0.15) is 0 Å². The first-order chi connectivity index (χ1) is 24.3.